The van der Waals surface area contributed by atoms with Crippen molar-refractivity contribution < 1.29 is 14.2 Å². The van der Waals surface area contributed by atoms with Crippen molar-refractivity contribution in [2.24, 2.45) is 0 Å². The van der Waals surface area contributed by atoms with E-state index in [1.54, 1.807) is 33.1 Å². The SMILES string of the molecule is COc1cc([C@@H]2C[C@H]2c2cc(SC)n[nH]2)cc(OC)c1OC. The van der Waals surface area contributed by atoms with Gasteiger partial charge in [0.05, 0.1) is 21.3 Å². The fourth-order valence-electron chi connectivity index (χ4n) is 2.83. The first-order chi connectivity index (χ1) is 10.7. The predicted octanol–water partition coefficient (Wildman–Crippen LogP) is 3.43. The number of aromatic amines is 1. The number of rotatable bonds is 6. The summed E-state index contributed by atoms with van der Waals surface area (Å²) in [5, 5.41) is 8.46. The van der Waals surface area contributed by atoms with Gasteiger partial charge in [0.2, 0.25) is 5.75 Å². The lowest BCUT2D eigenvalue weighted by Gasteiger charge is -2.14. The summed E-state index contributed by atoms with van der Waals surface area (Å²) in [6, 6.07) is 6.21. The van der Waals surface area contributed by atoms with Crippen molar-refractivity contribution in [1.29, 1.82) is 0 Å². The predicted molar refractivity (Wildman–Crippen MR) is 86.6 cm³/mol. The summed E-state index contributed by atoms with van der Waals surface area (Å²) < 4.78 is 16.2. The van der Waals surface area contributed by atoms with E-state index in [0.29, 0.717) is 29.1 Å². The zero-order chi connectivity index (χ0) is 15.7. The van der Waals surface area contributed by atoms with Gasteiger partial charge in [-0.15, -0.1) is 11.8 Å². The van der Waals surface area contributed by atoms with Crippen molar-refractivity contribution >= 4 is 11.8 Å². The second-order valence-corrected chi connectivity index (χ2v) is 6.10. The van der Waals surface area contributed by atoms with E-state index in [1.807, 2.05) is 18.4 Å². The van der Waals surface area contributed by atoms with E-state index in [0.717, 1.165) is 11.4 Å². The monoisotopic (exact) mass is 320 g/mol. The number of methoxy groups -OCH3 is 3. The number of benzene rings is 1. The molecule has 0 spiro atoms. The molecular formula is C16H20N2O3S. The Balaban J connectivity index is 1.87. The standard InChI is InChI=1S/C16H20N2O3S/c1-19-13-5-9(6-14(20-2)16(13)21-3)10-7-11(10)12-8-15(22-4)18-17-12/h5-6,8,10-11H,7H2,1-4H3,(H,17,18)/t10-,11+/m0/s1. The summed E-state index contributed by atoms with van der Waals surface area (Å²) in [4.78, 5) is 0. The highest BCUT2D eigenvalue weighted by Crippen LogP contribution is 2.56. The van der Waals surface area contributed by atoms with Crippen LogP contribution in [0.4, 0.5) is 0 Å². The summed E-state index contributed by atoms with van der Waals surface area (Å²) >= 11 is 1.65. The van der Waals surface area contributed by atoms with Crippen LogP contribution in [0.5, 0.6) is 17.2 Å². The Morgan fingerprint density at radius 3 is 2.23 bits per heavy atom. The van der Waals surface area contributed by atoms with Crippen molar-refractivity contribution in [1.82, 2.24) is 10.2 Å². The Morgan fingerprint density at radius 2 is 1.73 bits per heavy atom. The molecule has 0 unspecified atom stereocenters. The molecule has 2 aromatic rings. The highest BCUT2D eigenvalue weighted by molar-refractivity contribution is 7.98. The Kier molecular flexibility index (Phi) is 4.20. The molecule has 0 bridgehead atoms. The Bertz CT molecular complexity index is 646. The molecule has 1 aliphatic rings. The molecule has 22 heavy (non-hydrogen) atoms. The minimum absolute atomic E-state index is 0.462. The zero-order valence-electron chi connectivity index (χ0n) is 13.2. The lowest BCUT2D eigenvalue weighted by molar-refractivity contribution is 0.324. The average Bonchev–Trinajstić information content (AvgIpc) is 3.22. The molecule has 2 atom stereocenters. The van der Waals surface area contributed by atoms with Crippen LogP contribution >= 0.6 is 11.8 Å². The minimum Gasteiger partial charge on any atom is -0.493 e. The summed E-state index contributed by atoms with van der Waals surface area (Å²) in [7, 11) is 4.91. The van der Waals surface area contributed by atoms with Gasteiger partial charge in [0.1, 0.15) is 5.03 Å². The molecule has 1 aliphatic carbocycles. The van der Waals surface area contributed by atoms with Gasteiger partial charge in [0.25, 0.3) is 0 Å². The fourth-order valence-corrected chi connectivity index (χ4v) is 3.22. The second-order valence-electron chi connectivity index (χ2n) is 5.27. The molecular weight excluding hydrogens is 300 g/mol. The number of ether oxygens (including phenoxy) is 3. The van der Waals surface area contributed by atoms with Crippen LogP contribution in [0.15, 0.2) is 23.2 Å². The maximum absolute atomic E-state index is 5.43. The van der Waals surface area contributed by atoms with Gasteiger partial charge in [-0.25, -0.2) is 0 Å². The molecule has 1 heterocycles. The van der Waals surface area contributed by atoms with Gasteiger partial charge in [-0.3, -0.25) is 5.10 Å². The molecule has 1 N–H and O–H groups in total. The number of thioether (sulfide) groups is 1. The van der Waals surface area contributed by atoms with E-state index in [2.05, 4.69) is 16.3 Å². The van der Waals surface area contributed by atoms with Crippen LogP contribution in [-0.2, 0) is 0 Å². The number of H-pyrrole nitrogens is 1. The molecule has 3 rings (SSSR count). The lowest BCUT2D eigenvalue weighted by Crippen LogP contribution is -1.97. The van der Waals surface area contributed by atoms with Gasteiger partial charge >= 0.3 is 0 Å². The van der Waals surface area contributed by atoms with Crippen LogP contribution in [0.25, 0.3) is 0 Å². The van der Waals surface area contributed by atoms with Crippen LogP contribution in [0, 0.1) is 0 Å². The van der Waals surface area contributed by atoms with Crippen LogP contribution < -0.4 is 14.2 Å². The third-order valence-corrected chi connectivity index (χ3v) is 4.72. The molecule has 0 saturated heterocycles. The Morgan fingerprint density at radius 1 is 1.05 bits per heavy atom. The molecule has 0 radical (unpaired) electrons. The smallest absolute Gasteiger partial charge is 0.203 e. The van der Waals surface area contributed by atoms with E-state index in [-0.39, 0.29) is 0 Å². The van der Waals surface area contributed by atoms with Gasteiger partial charge < -0.3 is 14.2 Å². The number of nitrogens with one attached hydrogen (secondary N) is 1. The van der Waals surface area contributed by atoms with Gasteiger partial charge in [0.15, 0.2) is 11.5 Å². The average molecular weight is 320 g/mol. The lowest BCUT2D eigenvalue weighted by atomic mass is 10.1. The number of nitrogens with zero attached hydrogens (tertiary/aromatic N) is 1. The molecule has 1 aromatic heterocycles. The van der Waals surface area contributed by atoms with E-state index >= 15 is 0 Å². The summed E-state index contributed by atoms with van der Waals surface area (Å²) in [6.07, 6.45) is 3.14. The van der Waals surface area contributed by atoms with Gasteiger partial charge in [-0.1, -0.05) is 0 Å². The van der Waals surface area contributed by atoms with Gasteiger partial charge in [0, 0.05) is 11.6 Å². The first kappa shape index (κ1) is 15.1. The quantitative estimate of drug-likeness (QED) is 0.826. The molecule has 118 valence electrons. The number of hydrogen-bond donors (Lipinski definition) is 1. The number of hydrogen-bond acceptors (Lipinski definition) is 5. The highest BCUT2D eigenvalue weighted by atomic mass is 32.2. The third-order valence-electron chi connectivity index (χ3n) is 4.09. The van der Waals surface area contributed by atoms with Crippen LogP contribution in [-0.4, -0.2) is 37.8 Å². The zero-order valence-corrected chi connectivity index (χ0v) is 14.0. The van der Waals surface area contributed by atoms with Gasteiger partial charge in [-0.05, 0) is 42.4 Å². The third kappa shape index (κ3) is 2.63. The maximum atomic E-state index is 5.43. The van der Waals surface area contributed by atoms with Crippen molar-refractivity contribution in [3.8, 4) is 17.2 Å². The normalized spacial score (nSPS) is 19.8. The van der Waals surface area contributed by atoms with E-state index in [4.69, 9.17) is 14.2 Å². The molecule has 1 fully saturated rings. The van der Waals surface area contributed by atoms with Crippen LogP contribution in [0.2, 0.25) is 0 Å². The largest absolute Gasteiger partial charge is 0.493 e. The number of aromatic nitrogens is 2. The van der Waals surface area contributed by atoms with E-state index in [9.17, 15) is 0 Å². The van der Waals surface area contributed by atoms with Crippen molar-refractivity contribution in [2.75, 3.05) is 27.6 Å². The first-order valence-electron chi connectivity index (χ1n) is 7.11. The summed E-state index contributed by atoms with van der Waals surface area (Å²) in [6.45, 7) is 0. The van der Waals surface area contributed by atoms with Gasteiger partial charge in [-0.2, -0.15) is 5.10 Å². The minimum atomic E-state index is 0.462. The fraction of sp³-hybridized carbons (Fsp3) is 0.438. The topological polar surface area (TPSA) is 56.4 Å². The molecule has 1 aromatic carbocycles. The molecule has 6 heteroatoms. The van der Waals surface area contributed by atoms with Crippen LogP contribution in [0.1, 0.15) is 29.5 Å². The maximum Gasteiger partial charge on any atom is 0.203 e. The molecule has 1 saturated carbocycles. The molecule has 0 amide bonds. The molecule has 5 nitrogen and oxygen atoms in total. The van der Waals surface area contributed by atoms with Crippen molar-refractivity contribution in [3.05, 3.63) is 29.5 Å². The van der Waals surface area contributed by atoms with E-state index in [1.165, 1.54) is 11.3 Å². The summed E-state index contributed by atoms with van der Waals surface area (Å²) in [5.74, 6) is 2.99. The highest BCUT2D eigenvalue weighted by Gasteiger charge is 2.41. The van der Waals surface area contributed by atoms with Crippen molar-refractivity contribution in [2.45, 2.75) is 23.3 Å². The van der Waals surface area contributed by atoms with Crippen molar-refractivity contribution in [3.63, 3.8) is 0 Å². The molecule has 0 aliphatic heterocycles. The van der Waals surface area contributed by atoms with E-state index < -0.39 is 0 Å². The first-order valence-corrected chi connectivity index (χ1v) is 8.33. The van der Waals surface area contributed by atoms with Crippen LogP contribution in [0.3, 0.4) is 0 Å². The summed E-state index contributed by atoms with van der Waals surface area (Å²) in [5.41, 5.74) is 2.41. The Hall–Kier alpha value is -1.82. The second kappa shape index (κ2) is 6.12. The Labute approximate surface area is 134 Å².